The van der Waals surface area contributed by atoms with Crippen molar-refractivity contribution in [2.75, 3.05) is 6.61 Å². The summed E-state index contributed by atoms with van der Waals surface area (Å²) in [4.78, 5) is 11.4. The molecule has 24 heavy (non-hydrogen) atoms. The van der Waals surface area contributed by atoms with E-state index in [-0.39, 0.29) is 12.2 Å². The molecule has 0 spiro atoms. The highest BCUT2D eigenvalue weighted by Crippen LogP contribution is 2.37. The summed E-state index contributed by atoms with van der Waals surface area (Å²) in [6.45, 7) is 1.36. The van der Waals surface area contributed by atoms with Gasteiger partial charge in [0.2, 0.25) is 6.10 Å². The molecule has 7 heteroatoms. The number of carbonyl (C=O) groups is 1. The van der Waals surface area contributed by atoms with Crippen LogP contribution in [-0.2, 0) is 15.5 Å². The second kappa shape index (κ2) is 6.03. The number of esters is 1. The number of furan rings is 1. The van der Waals surface area contributed by atoms with E-state index >= 15 is 0 Å². The van der Waals surface area contributed by atoms with Gasteiger partial charge < -0.3 is 14.3 Å². The summed E-state index contributed by atoms with van der Waals surface area (Å²) in [6.07, 6.45) is -2.59. The molecule has 4 nitrogen and oxygen atoms in total. The number of aliphatic hydroxyl groups excluding tert-OH is 1. The van der Waals surface area contributed by atoms with Crippen LogP contribution in [0.3, 0.4) is 0 Å². The first-order valence-electron chi connectivity index (χ1n) is 7.19. The standard InChI is InChI=1S/C17H13ClF2O4/c1-2-23-16(22)15(21)17(19,20)9-3-5-11-12-6-4-10(18)8-14(12)24-13(11)7-9/h3-8,15,21H,2H2,1H3. The Morgan fingerprint density at radius 2 is 1.88 bits per heavy atom. The molecule has 3 rings (SSSR count). The number of fused-ring (bicyclic) bond motifs is 3. The molecule has 0 radical (unpaired) electrons. The Bertz CT molecular complexity index is 919. The van der Waals surface area contributed by atoms with E-state index in [4.69, 9.17) is 16.0 Å². The maximum absolute atomic E-state index is 14.4. The Morgan fingerprint density at radius 1 is 1.25 bits per heavy atom. The van der Waals surface area contributed by atoms with Crippen molar-refractivity contribution >= 4 is 39.5 Å². The molecule has 1 heterocycles. The summed E-state index contributed by atoms with van der Waals surface area (Å²) in [5.74, 6) is -5.18. The number of benzene rings is 2. The molecule has 0 fully saturated rings. The summed E-state index contributed by atoms with van der Waals surface area (Å²) in [5.41, 5.74) is 0.130. The van der Waals surface area contributed by atoms with Gasteiger partial charge in [0.05, 0.1) is 6.61 Å². The average molecular weight is 355 g/mol. The van der Waals surface area contributed by atoms with Crippen molar-refractivity contribution in [1.82, 2.24) is 0 Å². The van der Waals surface area contributed by atoms with Gasteiger partial charge in [0, 0.05) is 27.4 Å². The van der Waals surface area contributed by atoms with E-state index in [1.165, 1.54) is 13.0 Å². The van der Waals surface area contributed by atoms with Gasteiger partial charge in [0.25, 0.3) is 0 Å². The summed E-state index contributed by atoms with van der Waals surface area (Å²) in [6, 6.07) is 8.69. The predicted molar refractivity (Wildman–Crippen MR) is 85.3 cm³/mol. The maximum Gasteiger partial charge on any atom is 0.341 e. The molecule has 1 aromatic heterocycles. The molecule has 0 aliphatic rings. The van der Waals surface area contributed by atoms with Crippen LogP contribution in [0.25, 0.3) is 21.9 Å². The van der Waals surface area contributed by atoms with Crippen LogP contribution in [0.2, 0.25) is 5.02 Å². The molecule has 0 bridgehead atoms. The lowest BCUT2D eigenvalue weighted by Gasteiger charge is -2.21. The van der Waals surface area contributed by atoms with Crippen molar-refractivity contribution in [3.05, 3.63) is 47.0 Å². The molecule has 1 atom stereocenters. The molecular weight excluding hydrogens is 342 g/mol. The SMILES string of the molecule is CCOC(=O)C(O)C(F)(F)c1ccc2c(c1)oc1cc(Cl)ccc12. The van der Waals surface area contributed by atoms with Gasteiger partial charge in [-0.3, -0.25) is 0 Å². The van der Waals surface area contributed by atoms with Crippen molar-refractivity contribution in [2.45, 2.75) is 19.0 Å². The quantitative estimate of drug-likeness (QED) is 0.711. The van der Waals surface area contributed by atoms with Crippen molar-refractivity contribution in [3.8, 4) is 0 Å². The fourth-order valence-corrected chi connectivity index (χ4v) is 2.65. The normalized spacial score (nSPS) is 13.4. The van der Waals surface area contributed by atoms with E-state index in [0.29, 0.717) is 16.0 Å². The molecule has 1 unspecified atom stereocenters. The number of halogens is 3. The van der Waals surface area contributed by atoms with Gasteiger partial charge in [-0.25, -0.2) is 4.79 Å². The zero-order valence-corrected chi connectivity index (χ0v) is 13.3. The molecule has 3 aromatic rings. The fourth-order valence-electron chi connectivity index (χ4n) is 2.49. The van der Waals surface area contributed by atoms with Crippen LogP contribution < -0.4 is 0 Å². The fraction of sp³-hybridized carbons (Fsp3) is 0.235. The summed E-state index contributed by atoms with van der Waals surface area (Å²) in [5, 5.41) is 11.4. The highest BCUT2D eigenvalue weighted by atomic mass is 35.5. The Labute approximate surface area is 140 Å². The predicted octanol–water partition coefficient (Wildman–Crippen LogP) is 4.26. The van der Waals surface area contributed by atoms with Crippen LogP contribution >= 0.6 is 11.6 Å². The summed E-state index contributed by atoms with van der Waals surface area (Å²) in [7, 11) is 0. The van der Waals surface area contributed by atoms with Gasteiger partial charge in [0.1, 0.15) is 11.2 Å². The zero-order valence-electron chi connectivity index (χ0n) is 12.6. The minimum Gasteiger partial charge on any atom is -0.464 e. The molecule has 0 aliphatic heterocycles. The lowest BCUT2D eigenvalue weighted by Crippen LogP contribution is -2.39. The largest absolute Gasteiger partial charge is 0.464 e. The molecule has 0 saturated heterocycles. The van der Waals surface area contributed by atoms with Crippen molar-refractivity contribution in [1.29, 1.82) is 0 Å². The number of hydrogen-bond donors (Lipinski definition) is 1. The monoisotopic (exact) mass is 354 g/mol. The van der Waals surface area contributed by atoms with Crippen LogP contribution in [-0.4, -0.2) is 23.8 Å². The van der Waals surface area contributed by atoms with E-state index in [1.54, 1.807) is 18.2 Å². The summed E-state index contributed by atoms with van der Waals surface area (Å²) >= 11 is 5.89. The first kappa shape index (κ1) is 16.7. The number of aliphatic hydroxyl groups is 1. The Kier molecular flexibility index (Phi) is 4.19. The number of alkyl halides is 2. The van der Waals surface area contributed by atoms with Gasteiger partial charge in [-0.1, -0.05) is 17.7 Å². The molecule has 0 aliphatic carbocycles. The van der Waals surface area contributed by atoms with Crippen LogP contribution in [0.15, 0.2) is 40.8 Å². The second-order valence-electron chi connectivity index (χ2n) is 5.23. The summed E-state index contributed by atoms with van der Waals surface area (Å²) < 4.78 is 38.7. The van der Waals surface area contributed by atoms with E-state index < -0.39 is 23.6 Å². The Balaban J connectivity index is 2.06. The maximum atomic E-state index is 14.4. The van der Waals surface area contributed by atoms with Crippen LogP contribution in [0.4, 0.5) is 8.78 Å². The van der Waals surface area contributed by atoms with Crippen LogP contribution in [0, 0.1) is 0 Å². The second-order valence-corrected chi connectivity index (χ2v) is 5.67. The third-order valence-corrected chi connectivity index (χ3v) is 3.91. The molecule has 126 valence electrons. The average Bonchev–Trinajstić information content (AvgIpc) is 2.90. The van der Waals surface area contributed by atoms with Crippen molar-refractivity contribution < 1.29 is 27.8 Å². The number of ether oxygens (including phenoxy) is 1. The van der Waals surface area contributed by atoms with E-state index in [2.05, 4.69) is 4.74 Å². The number of carbonyl (C=O) groups excluding carboxylic acids is 1. The van der Waals surface area contributed by atoms with Gasteiger partial charge in [0.15, 0.2) is 0 Å². The highest BCUT2D eigenvalue weighted by molar-refractivity contribution is 6.31. The van der Waals surface area contributed by atoms with Gasteiger partial charge in [-0.05, 0) is 31.2 Å². The molecule has 0 saturated carbocycles. The van der Waals surface area contributed by atoms with E-state index in [0.717, 1.165) is 17.5 Å². The molecular formula is C17H13ClF2O4. The van der Waals surface area contributed by atoms with E-state index in [1.807, 2.05) is 0 Å². The zero-order chi connectivity index (χ0) is 17.5. The van der Waals surface area contributed by atoms with Crippen LogP contribution in [0.1, 0.15) is 12.5 Å². The number of rotatable bonds is 4. The third kappa shape index (κ3) is 2.72. The minimum atomic E-state index is -3.81. The lowest BCUT2D eigenvalue weighted by atomic mass is 10.0. The highest BCUT2D eigenvalue weighted by Gasteiger charge is 2.46. The van der Waals surface area contributed by atoms with Gasteiger partial charge >= 0.3 is 11.9 Å². The number of hydrogen-bond acceptors (Lipinski definition) is 4. The minimum absolute atomic E-state index is 0.102. The lowest BCUT2D eigenvalue weighted by molar-refractivity contribution is -0.178. The van der Waals surface area contributed by atoms with Crippen molar-refractivity contribution in [2.24, 2.45) is 0 Å². The topological polar surface area (TPSA) is 59.7 Å². The van der Waals surface area contributed by atoms with Crippen LogP contribution in [0.5, 0.6) is 0 Å². The van der Waals surface area contributed by atoms with E-state index in [9.17, 15) is 18.7 Å². The molecule has 2 aromatic carbocycles. The van der Waals surface area contributed by atoms with Gasteiger partial charge in [-0.2, -0.15) is 8.78 Å². The Morgan fingerprint density at radius 3 is 2.54 bits per heavy atom. The van der Waals surface area contributed by atoms with Gasteiger partial charge in [-0.15, -0.1) is 0 Å². The molecule has 1 N–H and O–H groups in total. The molecule has 0 amide bonds. The van der Waals surface area contributed by atoms with Crippen molar-refractivity contribution in [3.63, 3.8) is 0 Å². The smallest absolute Gasteiger partial charge is 0.341 e. The Hall–Kier alpha value is -2.18. The first-order valence-corrected chi connectivity index (χ1v) is 7.57. The third-order valence-electron chi connectivity index (χ3n) is 3.67. The first-order chi connectivity index (χ1) is 11.3.